The second-order valence-electron chi connectivity index (χ2n) is 3.25. The van der Waals surface area contributed by atoms with Crippen LogP contribution in [0.4, 0.5) is 10.7 Å². The molecule has 1 saturated carbocycles. The van der Waals surface area contributed by atoms with Crippen molar-refractivity contribution < 1.29 is 9.21 Å². The molecule has 1 N–H and O–H groups in total. The SMILES string of the molecule is CN(C(=O)Nc1ccco1)C1CC1. The van der Waals surface area contributed by atoms with Gasteiger partial charge >= 0.3 is 6.03 Å². The molecule has 0 atom stereocenters. The van der Waals surface area contributed by atoms with Gasteiger partial charge in [0.15, 0.2) is 0 Å². The topological polar surface area (TPSA) is 45.5 Å². The van der Waals surface area contributed by atoms with Crippen molar-refractivity contribution >= 4 is 11.9 Å². The first kappa shape index (κ1) is 8.16. The van der Waals surface area contributed by atoms with Gasteiger partial charge in [-0.1, -0.05) is 0 Å². The third-order valence-electron chi connectivity index (χ3n) is 2.17. The van der Waals surface area contributed by atoms with Gasteiger partial charge in [0.25, 0.3) is 0 Å². The molecular formula is C9H12N2O2. The van der Waals surface area contributed by atoms with Crippen LogP contribution in [0.5, 0.6) is 0 Å². The summed E-state index contributed by atoms with van der Waals surface area (Å²) in [5.74, 6) is 0.498. The molecule has 0 radical (unpaired) electrons. The zero-order valence-electron chi connectivity index (χ0n) is 7.49. The predicted octanol–water partition coefficient (Wildman–Crippen LogP) is 1.91. The number of nitrogens with zero attached hydrogens (tertiary/aromatic N) is 1. The van der Waals surface area contributed by atoms with E-state index in [4.69, 9.17) is 4.42 Å². The predicted molar refractivity (Wildman–Crippen MR) is 48.5 cm³/mol. The number of nitrogens with one attached hydrogen (secondary N) is 1. The van der Waals surface area contributed by atoms with Crippen LogP contribution in [0.3, 0.4) is 0 Å². The minimum absolute atomic E-state index is 0.0996. The zero-order valence-corrected chi connectivity index (χ0v) is 7.49. The lowest BCUT2D eigenvalue weighted by Crippen LogP contribution is -2.32. The molecule has 1 aromatic heterocycles. The van der Waals surface area contributed by atoms with Gasteiger partial charge < -0.3 is 9.32 Å². The van der Waals surface area contributed by atoms with Gasteiger partial charge in [-0.05, 0) is 18.9 Å². The Morgan fingerprint density at radius 1 is 1.69 bits per heavy atom. The fourth-order valence-electron chi connectivity index (χ4n) is 1.17. The van der Waals surface area contributed by atoms with Crippen molar-refractivity contribution in [2.24, 2.45) is 0 Å². The standard InChI is InChI=1S/C9H12N2O2/c1-11(7-4-5-7)9(12)10-8-3-2-6-13-8/h2-3,6-7H,4-5H2,1H3,(H,10,12). The summed E-state index contributed by atoms with van der Waals surface area (Å²) in [6.45, 7) is 0. The molecule has 1 heterocycles. The molecule has 70 valence electrons. The molecule has 0 aromatic carbocycles. The van der Waals surface area contributed by atoms with Gasteiger partial charge in [-0.25, -0.2) is 4.79 Å². The summed E-state index contributed by atoms with van der Waals surface area (Å²) in [5.41, 5.74) is 0. The van der Waals surface area contributed by atoms with E-state index in [1.165, 1.54) is 6.26 Å². The summed E-state index contributed by atoms with van der Waals surface area (Å²) >= 11 is 0. The van der Waals surface area contributed by atoms with E-state index in [0.29, 0.717) is 11.9 Å². The summed E-state index contributed by atoms with van der Waals surface area (Å²) in [5, 5.41) is 2.66. The summed E-state index contributed by atoms with van der Waals surface area (Å²) in [4.78, 5) is 13.2. The molecule has 2 amide bonds. The van der Waals surface area contributed by atoms with Crippen LogP contribution in [-0.2, 0) is 0 Å². The van der Waals surface area contributed by atoms with E-state index in [0.717, 1.165) is 12.8 Å². The molecule has 1 aromatic rings. The minimum Gasteiger partial charge on any atom is -0.449 e. The quantitative estimate of drug-likeness (QED) is 0.755. The van der Waals surface area contributed by atoms with Crippen molar-refractivity contribution in [1.82, 2.24) is 4.90 Å². The Kier molecular flexibility index (Phi) is 1.96. The van der Waals surface area contributed by atoms with Crippen LogP contribution in [0.1, 0.15) is 12.8 Å². The Hall–Kier alpha value is -1.45. The van der Waals surface area contributed by atoms with E-state index >= 15 is 0 Å². The van der Waals surface area contributed by atoms with Gasteiger partial charge in [-0.3, -0.25) is 5.32 Å². The second-order valence-corrected chi connectivity index (χ2v) is 3.25. The average Bonchev–Trinajstić information content (AvgIpc) is 2.85. The lowest BCUT2D eigenvalue weighted by molar-refractivity contribution is 0.220. The number of carbonyl (C=O) groups excluding carboxylic acids is 1. The Bertz CT molecular complexity index is 291. The van der Waals surface area contributed by atoms with E-state index in [2.05, 4.69) is 5.32 Å². The fraction of sp³-hybridized carbons (Fsp3) is 0.444. The van der Waals surface area contributed by atoms with Crippen molar-refractivity contribution in [2.45, 2.75) is 18.9 Å². The van der Waals surface area contributed by atoms with Gasteiger partial charge in [-0.2, -0.15) is 0 Å². The smallest absolute Gasteiger partial charge is 0.324 e. The molecule has 4 nitrogen and oxygen atoms in total. The first-order chi connectivity index (χ1) is 6.27. The van der Waals surface area contributed by atoms with Crippen LogP contribution >= 0.6 is 0 Å². The van der Waals surface area contributed by atoms with Crippen LogP contribution in [0, 0.1) is 0 Å². The molecule has 1 aliphatic carbocycles. The van der Waals surface area contributed by atoms with Crippen molar-refractivity contribution in [3.63, 3.8) is 0 Å². The Morgan fingerprint density at radius 3 is 3.00 bits per heavy atom. The van der Waals surface area contributed by atoms with Gasteiger partial charge in [0.1, 0.15) is 0 Å². The van der Waals surface area contributed by atoms with Crippen LogP contribution in [0.25, 0.3) is 0 Å². The third kappa shape index (κ3) is 1.83. The highest BCUT2D eigenvalue weighted by Gasteiger charge is 2.29. The van der Waals surface area contributed by atoms with E-state index in [-0.39, 0.29) is 6.03 Å². The summed E-state index contributed by atoms with van der Waals surface area (Å²) in [6, 6.07) is 3.79. The lowest BCUT2D eigenvalue weighted by Gasteiger charge is -2.15. The number of amides is 2. The highest BCUT2D eigenvalue weighted by Crippen LogP contribution is 2.25. The maximum Gasteiger partial charge on any atom is 0.324 e. The average molecular weight is 180 g/mol. The molecule has 0 bridgehead atoms. The lowest BCUT2D eigenvalue weighted by atomic mass is 10.5. The van der Waals surface area contributed by atoms with Crippen LogP contribution in [0.15, 0.2) is 22.8 Å². The number of hydrogen-bond acceptors (Lipinski definition) is 2. The van der Waals surface area contributed by atoms with Crippen LogP contribution in [-0.4, -0.2) is 24.0 Å². The van der Waals surface area contributed by atoms with Crippen molar-refractivity contribution in [3.05, 3.63) is 18.4 Å². The molecule has 1 aliphatic rings. The maximum atomic E-state index is 11.4. The molecule has 0 aliphatic heterocycles. The number of anilines is 1. The number of hydrogen-bond donors (Lipinski definition) is 1. The zero-order chi connectivity index (χ0) is 9.26. The van der Waals surface area contributed by atoms with E-state index in [1.54, 1.807) is 24.1 Å². The number of rotatable bonds is 2. The molecule has 2 rings (SSSR count). The molecule has 1 fully saturated rings. The van der Waals surface area contributed by atoms with E-state index < -0.39 is 0 Å². The molecule has 13 heavy (non-hydrogen) atoms. The van der Waals surface area contributed by atoms with E-state index in [9.17, 15) is 4.79 Å². The molecule has 0 spiro atoms. The minimum atomic E-state index is -0.0996. The third-order valence-corrected chi connectivity index (χ3v) is 2.17. The Balaban J connectivity index is 1.90. The van der Waals surface area contributed by atoms with Crippen LogP contribution in [0.2, 0.25) is 0 Å². The number of carbonyl (C=O) groups is 1. The number of furan rings is 1. The Labute approximate surface area is 76.5 Å². The summed E-state index contributed by atoms with van der Waals surface area (Å²) in [7, 11) is 1.80. The Morgan fingerprint density at radius 2 is 2.46 bits per heavy atom. The normalized spacial score (nSPS) is 15.5. The molecule has 4 heteroatoms. The maximum absolute atomic E-state index is 11.4. The van der Waals surface area contributed by atoms with Gasteiger partial charge in [0.05, 0.1) is 6.26 Å². The summed E-state index contributed by atoms with van der Waals surface area (Å²) in [6.07, 6.45) is 3.76. The van der Waals surface area contributed by atoms with Gasteiger partial charge in [0, 0.05) is 19.2 Å². The van der Waals surface area contributed by atoms with Gasteiger partial charge in [0.2, 0.25) is 5.88 Å². The molecule has 0 saturated heterocycles. The first-order valence-electron chi connectivity index (χ1n) is 4.34. The van der Waals surface area contributed by atoms with Crippen LogP contribution < -0.4 is 5.32 Å². The van der Waals surface area contributed by atoms with Crippen molar-refractivity contribution in [3.8, 4) is 0 Å². The highest BCUT2D eigenvalue weighted by atomic mass is 16.3. The highest BCUT2D eigenvalue weighted by molar-refractivity contribution is 5.88. The first-order valence-corrected chi connectivity index (χ1v) is 4.34. The number of urea groups is 1. The van der Waals surface area contributed by atoms with E-state index in [1.807, 2.05) is 0 Å². The fourth-order valence-corrected chi connectivity index (χ4v) is 1.17. The van der Waals surface area contributed by atoms with Gasteiger partial charge in [-0.15, -0.1) is 0 Å². The summed E-state index contributed by atoms with van der Waals surface area (Å²) < 4.78 is 5.00. The van der Waals surface area contributed by atoms with Crippen molar-refractivity contribution in [2.75, 3.05) is 12.4 Å². The largest absolute Gasteiger partial charge is 0.449 e. The monoisotopic (exact) mass is 180 g/mol. The molecular weight excluding hydrogens is 168 g/mol. The molecule has 0 unspecified atom stereocenters. The second kappa shape index (κ2) is 3.12. The van der Waals surface area contributed by atoms with Crippen molar-refractivity contribution in [1.29, 1.82) is 0 Å².